The van der Waals surface area contributed by atoms with Crippen LogP contribution in [0.4, 0.5) is 5.69 Å². The van der Waals surface area contributed by atoms with Crippen molar-refractivity contribution < 1.29 is 9.90 Å². The number of aromatic hydroxyl groups is 1. The van der Waals surface area contributed by atoms with Crippen molar-refractivity contribution in [2.45, 2.75) is 20.3 Å². The summed E-state index contributed by atoms with van der Waals surface area (Å²) in [4.78, 5) is 28.8. The van der Waals surface area contributed by atoms with Crippen LogP contribution < -0.4 is 10.9 Å². The van der Waals surface area contributed by atoms with Crippen LogP contribution in [-0.4, -0.2) is 25.8 Å². The molecule has 0 fully saturated rings. The number of aryl methyl sites for hydroxylation is 2. The highest BCUT2D eigenvalue weighted by Gasteiger charge is 2.18. The Morgan fingerprint density at radius 2 is 1.88 bits per heavy atom. The fourth-order valence-corrected chi connectivity index (χ4v) is 4.11. The van der Waals surface area contributed by atoms with E-state index in [0.717, 1.165) is 44.5 Å². The number of amides is 1. The number of fused-ring (bicyclic) bond motifs is 3. The number of hydrogen-bond donors (Lipinski definition) is 3. The molecule has 0 atom stereocenters. The van der Waals surface area contributed by atoms with Crippen molar-refractivity contribution in [1.29, 1.82) is 0 Å². The van der Waals surface area contributed by atoms with Gasteiger partial charge in [0.2, 0.25) is 0 Å². The van der Waals surface area contributed by atoms with E-state index in [0.29, 0.717) is 11.4 Å². The summed E-state index contributed by atoms with van der Waals surface area (Å²) in [6.07, 6.45) is 0.912. The van der Waals surface area contributed by atoms with E-state index >= 15 is 0 Å². The molecule has 33 heavy (non-hydrogen) atoms. The SMILES string of the molecule is CCc1cccc2c1[nH]c1cc(NC(=O)c3nn(-c4cccc(C)c4)c(=O)cc3O)ccc12. The Balaban J connectivity index is 1.51. The van der Waals surface area contributed by atoms with Gasteiger partial charge in [0.15, 0.2) is 11.4 Å². The minimum Gasteiger partial charge on any atom is -0.505 e. The van der Waals surface area contributed by atoms with Crippen molar-refractivity contribution >= 4 is 33.4 Å². The number of carbonyl (C=O) groups excluding carboxylic acids is 1. The molecule has 2 heterocycles. The van der Waals surface area contributed by atoms with E-state index in [9.17, 15) is 14.7 Å². The van der Waals surface area contributed by atoms with Crippen LogP contribution in [0.1, 0.15) is 28.5 Å². The van der Waals surface area contributed by atoms with Gasteiger partial charge in [0.05, 0.1) is 5.69 Å². The minimum atomic E-state index is -0.612. The Hall–Kier alpha value is -4.39. The first-order valence-corrected chi connectivity index (χ1v) is 10.7. The van der Waals surface area contributed by atoms with E-state index in [4.69, 9.17) is 0 Å². The van der Waals surface area contributed by atoms with Crippen molar-refractivity contribution in [3.8, 4) is 11.4 Å². The summed E-state index contributed by atoms with van der Waals surface area (Å²) in [5, 5.41) is 19.4. The lowest BCUT2D eigenvalue weighted by molar-refractivity contribution is 0.101. The normalized spacial score (nSPS) is 11.2. The first-order chi connectivity index (χ1) is 15.9. The number of benzene rings is 3. The summed E-state index contributed by atoms with van der Waals surface area (Å²) in [5.41, 5.74) is 4.45. The highest BCUT2D eigenvalue weighted by atomic mass is 16.3. The number of H-pyrrole nitrogens is 1. The Labute approximate surface area is 189 Å². The van der Waals surface area contributed by atoms with E-state index in [1.807, 2.05) is 31.2 Å². The zero-order chi connectivity index (χ0) is 23.1. The predicted octanol–water partition coefficient (Wildman–Crippen LogP) is 4.70. The quantitative estimate of drug-likeness (QED) is 0.379. The van der Waals surface area contributed by atoms with Crippen LogP contribution in [0.3, 0.4) is 0 Å². The number of carbonyl (C=O) groups is 1. The second-order valence-corrected chi connectivity index (χ2v) is 8.00. The molecule has 3 aromatic carbocycles. The average molecular weight is 438 g/mol. The topological polar surface area (TPSA) is 100 Å². The first kappa shape index (κ1) is 20.5. The molecule has 0 aliphatic heterocycles. The van der Waals surface area contributed by atoms with Crippen molar-refractivity contribution in [1.82, 2.24) is 14.8 Å². The molecule has 1 amide bonds. The summed E-state index contributed by atoms with van der Waals surface area (Å²) in [6.45, 7) is 4.01. The van der Waals surface area contributed by atoms with Gasteiger partial charge < -0.3 is 15.4 Å². The zero-order valence-electron chi connectivity index (χ0n) is 18.2. The van der Waals surface area contributed by atoms with E-state index in [1.165, 1.54) is 5.56 Å². The smallest absolute Gasteiger partial charge is 0.279 e. The summed E-state index contributed by atoms with van der Waals surface area (Å²) < 4.78 is 1.11. The third-order valence-electron chi connectivity index (χ3n) is 5.73. The van der Waals surface area contributed by atoms with E-state index in [1.54, 1.807) is 24.3 Å². The fraction of sp³-hybridized carbons (Fsp3) is 0.115. The molecular formula is C26H22N4O3. The summed E-state index contributed by atoms with van der Waals surface area (Å²) >= 11 is 0. The van der Waals surface area contributed by atoms with Crippen LogP contribution in [-0.2, 0) is 6.42 Å². The van der Waals surface area contributed by atoms with Gasteiger partial charge in [-0.15, -0.1) is 0 Å². The summed E-state index contributed by atoms with van der Waals surface area (Å²) in [6, 6.07) is 20.0. The molecule has 0 spiro atoms. The van der Waals surface area contributed by atoms with E-state index in [2.05, 4.69) is 34.5 Å². The molecule has 2 aromatic heterocycles. The van der Waals surface area contributed by atoms with Crippen molar-refractivity contribution in [3.05, 3.63) is 93.9 Å². The van der Waals surface area contributed by atoms with Crippen molar-refractivity contribution in [3.63, 3.8) is 0 Å². The Bertz CT molecular complexity index is 1600. The molecule has 0 saturated carbocycles. The molecule has 0 saturated heterocycles. The number of para-hydroxylation sites is 1. The van der Waals surface area contributed by atoms with Gasteiger partial charge in [-0.05, 0) is 48.7 Å². The maximum absolute atomic E-state index is 12.9. The van der Waals surface area contributed by atoms with Crippen LogP contribution >= 0.6 is 0 Å². The Kier molecular flexibility index (Phi) is 4.94. The van der Waals surface area contributed by atoms with Gasteiger partial charge in [0.1, 0.15) is 0 Å². The fourth-order valence-electron chi connectivity index (χ4n) is 4.11. The standard InChI is InChI=1S/C26H22N4O3/c1-3-16-7-5-9-20-19-11-10-17(13-21(19)28-24(16)20)27-26(33)25-22(31)14-23(32)30(29-25)18-8-4-6-15(2)12-18/h4-14,28,31H,3H2,1-2H3,(H,27,33). The lowest BCUT2D eigenvalue weighted by Crippen LogP contribution is -2.25. The lowest BCUT2D eigenvalue weighted by Gasteiger charge is -2.10. The van der Waals surface area contributed by atoms with Crippen molar-refractivity contribution in [2.24, 2.45) is 0 Å². The van der Waals surface area contributed by atoms with Crippen molar-refractivity contribution in [2.75, 3.05) is 5.32 Å². The Morgan fingerprint density at radius 3 is 2.67 bits per heavy atom. The second kappa shape index (κ2) is 7.94. The maximum atomic E-state index is 12.9. The highest BCUT2D eigenvalue weighted by molar-refractivity contribution is 6.10. The number of rotatable bonds is 4. The maximum Gasteiger partial charge on any atom is 0.279 e. The van der Waals surface area contributed by atoms with Gasteiger partial charge in [-0.2, -0.15) is 9.78 Å². The molecule has 0 radical (unpaired) electrons. The monoisotopic (exact) mass is 438 g/mol. The second-order valence-electron chi connectivity index (χ2n) is 8.00. The van der Waals surface area contributed by atoms with Crippen LogP contribution in [0.2, 0.25) is 0 Å². The molecule has 0 bridgehead atoms. The third kappa shape index (κ3) is 3.63. The number of aromatic nitrogens is 3. The third-order valence-corrected chi connectivity index (χ3v) is 5.73. The largest absolute Gasteiger partial charge is 0.505 e. The molecule has 0 aliphatic carbocycles. The minimum absolute atomic E-state index is 0.235. The molecule has 5 aromatic rings. The Morgan fingerprint density at radius 1 is 1.06 bits per heavy atom. The molecule has 0 aliphatic rings. The van der Waals surface area contributed by atoms with Gasteiger partial charge in [0, 0.05) is 33.6 Å². The number of nitrogens with zero attached hydrogens (tertiary/aromatic N) is 2. The van der Waals surface area contributed by atoms with Crippen LogP contribution in [0.5, 0.6) is 5.75 Å². The van der Waals surface area contributed by atoms with Gasteiger partial charge in [-0.1, -0.05) is 43.3 Å². The molecular weight excluding hydrogens is 416 g/mol. The molecule has 7 heteroatoms. The number of nitrogens with one attached hydrogen (secondary N) is 2. The molecule has 164 valence electrons. The number of anilines is 1. The molecule has 5 rings (SSSR count). The molecule has 7 nitrogen and oxygen atoms in total. The molecule has 0 unspecified atom stereocenters. The number of hydrogen-bond acceptors (Lipinski definition) is 4. The highest BCUT2D eigenvalue weighted by Crippen LogP contribution is 2.30. The van der Waals surface area contributed by atoms with E-state index < -0.39 is 17.2 Å². The van der Waals surface area contributed by atoms with Gasteiger partial charge in [0.25, 0.3) is 11.5 Å². The number of aromatic amines is 1. The first-order valence-electron chi connectivity index (χ1n) is 10.7. The van der Waals surface area contributed by atoms with Crippen LogP contribution in [0.15, 0.2) is 71.5 Å². The van der Waals surface area contributed by atoms with Crippen LogP contribution in [0.25, 0.3) is 27.5 Å². The predicted molar refractivity (Wildman–Crippen MR) is 129 cm³/mol. The molecule has 3 N–H and O–H groups in total. The zero-order valence-corrected chi connectivity index (χ0v) is 18.2. The van der Waals surface area contributed by atoms with Gasteiger partial charge >= 0.3 is 0 Å². The average Bonchev–Trinajstić information content (AvgIpc) is 3.17. The van der Waals surface area contributed by atoms with Gasteiger partial charge in [-0.25, -0.2) is 0 Å². The lowest BCUT2D eigenvalue weighted by atomic mass is 10.1. The van der Waals surface area contributed by atoms with Gasteiger partial charge in [-0.3, -0.25) is 9.59 Å². The summed E-state index contributed by atoms with van der Waals surface area (Å²) in [7, 11) is 0. The van der Waals surface area contributed by atoms with E-state index in [-0.39, 0.29) is 5.69 Å². The van der Waals surface area contributed by atoms with Crippen LogP contribution in [0, 0.1) is 6.92 Å². The summed E-state index contributed by atoms with van der Waals surface area (Å²) in [5.74, 6) is -1.08.